The van der Waals surface area contributed by atoms with Crippen LogP contribution < -0.4 is 21.4 Å². The van der Waals surface area contributed by atoms with Gasteiger partial charge >= 0.3 is 0 Å². The topological polar surface area (TPSA) is 102 Å². The lowest BCUT2D eigenvalue weighted by atomic mass is 10.2. The molecule has 1 heterocycles. The van der Waals surface area contributed by atoms with Gasteiger partial charge in [0, 0.05) is 31.0 Å². The predicted octanol–water partition coefficient (Wildman–Crippen LogP) is 2.09. The van der Waals surface area contributed by atoms with Crippen LogP contribution in [-0.4, -0.2) is 23.4 Å². The summed E-state index contributed by atoms with van der Waals surface area (Å²) in [6.07, 6.45) is 5.19. The Morgan fingerprint density at radius 1 is 1.12 bits per heavy atom. The number of hydrogen-bond donors (Lipinski definition) is 3. The van der Waals surface area contributed by atoms with Gasteiger partial charge in [0.2, 0.25) is 0 Å². The van der Waals surface area contributed by atoms with E-state index in [0.29, 0.717) is 31.1 Å². The number of benzene rings is 1. The van der Waals surface area contributed by atoms with E-state index in [1.165, 1.54) is 0 Å². The van der Waals surface area contributed by atoms with Crippen LogP contribution in [0.2, 0.25) is 0 Å². The minimum atomic E-state index is -0.161. The second-order valence-corrected chi connectivity index (χ2v) is 5.03. The molecule has 0 saturated heterocycles. The summed E-state index contributed by atoms with van der Waals surface area (Å²) in [6.45, 7) is 0.552. The van der Waals surface area contributed by atoms with E-state index in [2.05, 4.69) is 20.8 Å². The van der Waals surface area contributed by atoms with Crippen molar-refractivity contribution < 1.29 is 9.63 Å². The summed E-state index contributed by atoms with van der Waals surface area (Å²) in [6, 6.07) is 12.7. The number of para-hydroxylation sites is 1. The number of aliphatic imine (C=N–C) groups is 1. The number of anilines is 1. The zero-order valence-electron chi connectivity index (χ0n) is 13.3. The molecule has 0 aliphatic rings. The average Bonchev–Trinajstić information content (AvgIpc) is 2.61. The Kier molecular flexibility index (Phi) is 7.07. The van der Waals surface area contributed by atoms with Gasteiger partial charge in [-0.15, -0.1) is 0 Å². The van der Waals surface area contributed by atoms with Crippen molar-refractivity contribution in [2.45, 2.75) is 19.3 Å². The molecule has 2 aromatic rings. The van der Waals surface area contributed by atoms with E-state index in [-0.39, 0.29) is 5.91 Å². The number of unbranched alkanes of at least 4 members (excludes halogenated alkanes) is 1. The van der Waals surface area contributed by atoms with Gasteiger partial charge in [-0.1, -0.05) is 18.2 Å². The molecule has 2 rings (SSSR count). The molecule has 1 amide bonds. The van der Waals surface area contributed by atoms with Crippen LogP contribution in [0.3, 0.4) is 0 Å². The molecule has 7 nitrogen and oxygen atoms in total. The first-order valence-corrected chi connectivity index (χ1v) is 7.72. The molecule has 0 fully saturated rings. The molecule has 0 radical (unpaired) electrons. The maximum atomic E-state index is 11.6. The first-order valence-electron chi connectivity index (χ1n) is 7.72. The van der Waals surface area contributed by atoms with Crippen LogP contribution in [0.1, 0.15) is 19.3 Å². The third-order valence-corrected chi connectivity index (χ3v) is 3.07. The smallest absolute Gasteiger partial charge is 0.252 e. The summed E-state index contributed by atoms with van der Waals surface area (Å²) < 4.78 is 0. The Hall–Kier alpha value is -3.09. The fourth-order valence-electron chi connectivity index (χ4n) is 1.87. The quantitative estimate of drug-likeness (QED) is 0.298. The highest BCUT2D eigenvalue weighted by Crippen LogP contribution is 2.07. The highest BCUT2D eigenvalue weighted by molar-refractivity contribution is 5.92. The van der Waals surface area contributed by atoms with E-state index >= 15 is 0 Å². The van der Waals surface area contributed by atoms with Crippen LogP contribution in [0.5, 0.6) is 5.75 Å². The number of pyridine rings is 1. The Labute approximate surface area is 140 Å². The molecule has 0 saturated carbocycles. The highest BCUT2D eigenvalue weighted by atomic mass is 16.7. The maximum absolute atomic E-state index is 11.6. The fourth-order valence-corrected chi connectivity index (χ4v) is 1.87. The zero-order chi connectivity index (χ0) is 17.0. The Bertz CT molecular complexity index is 647. The largest absolute Gasteiger partial charge is 0.380 e. The number of carbonyl (C=O) groups is 1. The number of rotatable bonds is 8. The third-order valence-electron chi connectivity index (χ3n) is 3.07. The van der Waals surface area contributed by atoms with Crippen LogP contribution in [-0.2, 0) is 4.79 Å². The van der Waals surface area contributed by atoms with E-state index in [9.17, 15) is 4.79 Å². The molecule has 0 spiro atoms. The van der Waals surface area contributed by atoms with Gasteiger partial charge in [-0.25, -0.2) is 0 Å². The number of nitrogens with zero attached hydrogens (tertiary/aromatic N) is 2. The van der Waals surface area contributed by atoms with Gasteiger partial charge in [0.15, 0.2) is 11.7 Å². The minimum absolute atomic E-state index is 0.161. The number of hydrogen-bond acceptors (Lipinski definition) is 4. The Morgan fingerprint density at radius 2 is 1.88 bits per heavy atom. The zero-order valence-corrected chi connectivity index (χ0v) is 13.3. The van der Waals surface area contributed by atoms with Crippen molar-refractivity contribution in [1.82, 2.24) is 10.5 Å². The van der Waals surface area contributed by atoms with Crippen molar-refractivity contribution in [2.75, 3.05) is 11.9 Å². The van der Waals surface area contributed by atoms with Crippen molar-refractivity contribution in [3.8, 4) is 5.75 Å². The number of aromatic nitrogens is 1. The molecule has 4 N–H and O–H groups in total. The lowest BCUT2D eigenvalue weighted by molar-refractivity contribution is -0.127. The normalized spacial score (nSPS) is 10.9. The van der Waals surface area contributed by atoms with Gasteiger partial charge in [0.05, 0.1) is 0 Å². The molecule has 1 aromatic carbocycles. The van der Waals surface area contributed by atoms with Gasteiger partial charge < -0.3 is 15.9 Å². The molecular weight excluding hydrogens is 306 g/mol. The van der Waals surface area contributed by atoms with Crippen molar-refractivity contribution in [3.63, 3.8) is 0 Å². The number of nitrogens with two attached hydrogens (primary N) is 1. The highest BCUT2D eigenvalue weighted by Gasteiger charge is 2.02. The van der Waals surface area contributed by atoms with Crippen molar-refractivity contribution >= 4 is 17.6 Å². The fraction of sp³-hybridized carbons (Fsp3) is 0.235. The van der Waals surface area contributed by atoms with E-state index < -0.39 is 0 Å². The van der Waals surface area contributed by atoms with Crippen LogP contribution in [0, 0.1) is 0 Å². The van der Waals surface area contributed by atoms with E-state index in [1.807, 2.05) is 18.2 Å². The molecule has 0 unspecified atom stereocenters. The number of amides is 1. The second kappa shape index (κ2) is 9.83. The first kappa shape index (κ1) is 17.3. The minimum Gasteiger partial charge on any atom is -0.380 e. The lowest BCUT2D eigenvalue weighted by Gasteiger charge is -2.06. The molecule has 1 aromatic heterocycles. The van der Waals surface area contributed by atoms with Crippen LogP contribution in [0.25, 0.3) is 0 Å². The van der Waals surface area contributed by atoms with E-state index in [4.69, 9.17) is 10.6 Å². The van der Waals surface area contributed by atoms with Crippen molar-refractivity contribution in [1.29, 1.82) is 0 Å². The molecule has 0 bridgehead atoms. The average molecular weight is 327 g/mol. The molecule has 0 aliphatic carbocycles. The molecule has 0 atom stereocenters. The summed E-state index contributed by atoms with van der Waals surface area (Å²) in [5, 5.41) is 2.97. The van der Waals surface area contributed by atoms with Crippen LogP contribution >= 0.6 is 0 Å². The second-order valence-electron chi connectivity index (χ2n) is 5.03. The summed E-state index contributed by atoms with van der Waals surface area (Å²) in [4.78, 5) is 24.9. The van der Waals surface area contributed by atoms with Crippen molar-refractivity contribution in [3.05, 3.63) is 54.9 Å². The maximum Gasteiger partial charge on any atom is 0.252 e. The lowest BCUT2D eigenvalue weighted by Crippen LogP contribution is -2.26. The number of hydroxylamine groups is 1. The monoisotopic (exact) mass is 327 g/mol. The van der Waals surface area contributed by atoms with Crippen LogP contribution in [0.4, 0.5) is 5.69 Å². The number of guanidine groups is 1. The molecule has 0 aliphatic heterocycles. The summed E-state index contributed by atoms with van der Waals surface area (Å²) >= 11 is 0. The molecule has 24 heavy (non-hydrogen) atoms. The predicted molar refractivity (Wildman–Crippen MR) is 93.4 cm³/mol. The summed E-state index contributed by atoms with van der Waals surface area (Å²) in [5.41, 5.74) is 9.03. The van der Waals surface area contributed by atoms with Gasteiger partial charge in [-0.05, 0) is 37.1 Å². The first-order chi connectivity index (χ1) is 11.7. The Morgan fingerprint density at radius 3 is 2.62 bits per heavy atom. The van der Waals surface area contributed by atoms with Gasteiger partial charge in [-0.2, -0.15) is 5.48 Å². The molecule has 126 valence electrons. The van der Waals surface area contributed by atoms with Gasteiger partial charge in [0.25, 0.3) is 5.91 Å². The van der Waals surface area contributed by atoms with Crippen LogP contribution in [0.15, 0.2) is 59.9 Å². The SMILES string of the molecule is NC(=NCCCCC(=O)NOc1ccccc1)Nc1ccncc1. The summed E-state index contributed by atoms with van der Waals surface area (Å²) in [5.74, 6) is 0.786. The van der Waals surface area contributed by atoms with Crippen molar-refractivity contribution in [2.24, 2.45) is 10.7 Å². The van der Waals surface area contributed by atoms with E-state index in [1.54, 1.807) is 36.7 Å². The van der Waals surface area contributed by atoms with E-state index in [0.717, 1.165) is 12.1 Å². The molecule has 7 heteroatoms. The van der Waals surface area contributed by atoms with Gasteiger partial charge in [0.1, 0.15) is 0 Å². The standard InChI is InChI=1S/C17H21N5O2/c18-17(21-14-9-12-19-13-10-14)20-11-5-4-8-16(23)22-24-15-6-2-1-3-7-15/h1-3,6-7,9-10,12-13H,4-5,8,11H2,(H,22,23)(H3,18,19,20,21). The third kappa shape index (κ3) is 6.78. The Balaban J connectivity index is 1.57. The number of carbonyl (C=O) groups excluding carboxylic acids is 1. The summed E-state index contributed by atoms with van der Waals surface area (Å²) in [7, 11) is 0. The number of nitrogens with one attached hydrogen (secondary N) is 2. The van der Waals surface area contributed by atoms with Gasteiger partial charge in [-0.3, -0.25) is 14.8 Å². The molecular formula is C17H21N5O2.